The van der Waals surface area contributed by atoms with E-state index in [0.717, 1.165) is 31.2 Å². The molecule has 7 nitrogen and oxygen atoms in total. The zero-order valence-electron chi connectivity index (χ0n) is 17.0. The average Bonchev–Trinajstić information content (AvgIpc) is 2.78. The van der Waals surface area contributed by atoms with Crippen molar-refractivity contribution in [2.24, 2.45) is 5.92 Å². The normalized spacial score (nSPS) is 16.3. The van der Waals surface area contributed by atoms with E-state index in [0.29, 0.717) is 5.92 Å². The number of non-ortho nitro benzene ring substituents is 1. The largest absolute Gasteiger partial charge is 0.347 e. The summed E-state index contributed by atoms with van der Waals surface area (Å²) in [6, 6.07) is 14.5. The number of hydrogen-bond acceptors (Lipinski definition) is 4. The molecule has 2 aromatic rings. The first-order valence-electron chi connectivity index (χ1n) is 10.4. The summed E-state index contributed by atoms with van der Waals surface area (Å²) in [5.41, 5.74) is 1.05. The Kier molecular flexibility index (Phi) is 7.17. The second-order valence-corrected chi connectivity index (χ2v) is 7.80. The van der Waals surface area contributed by atoms with Gasteiger partial charge in [0.2, 0.25) is 5.91 Å². The average molecular weight is 409 g/mol. The molecule has 0 heterocycles. The van der Waals surface area contributed by atoms with E-state index in [1.165, 1.54) is 30.7 Å². The van der Waals surface area contributed by atoms with E-state index < -0.39 is 16.9 Å². The smallest absolute Gasteiger partial charge is 0.270 e. The van der Waals surface area contributed by atoms with E-state index in [2.05, 4.69) is 10.6 Å². The van der Waals surface area contributed by atoms with Crippen molar-refractivity contribution in [1.29, 1.82) is 0 Å². The number of nitro benzene ring substituents is 1. The van der Waals surface area contributed by atoms with Crippen LogP contribution < -0.4 is 10.6 Å². The lowest BCUT2D eigenvalue weighted by molar-refractivity contribution is -0.384. The van der Waals surface area contributed by atoms with Crippen molar-refractivity contribution in [2.75, 3.05) is 0 Å². The Morgan fingerprint density at radius 2 is 1.70 bits per heavy atom. The summed E-state index contributed by atoms with van der Waals surface area (Å²) in [5, 5.41) is 16.7. The molecule has 1 aliphatic carbocycles. The lowest BCUT2D eigenvalue weighted by Crippen LogP contribution is -2.47. The van der Waals surface area contributed by atoms with Gasteiger partial charge in [0, 0.05) is 17.7 Å². The van der Waals surface area contributed by atoms with Gasteiger partial charge in [0.1, 0.15) is 6.04 Å². The first kappa shape index (κ1) is 21.5. The van der Waals surface area contributed by atoms with Crippen LogP contribution in [0.15, 0.2) is 54.6 Å². The van der Waals surface area contributed by atoms with Gasteiger partial charge in [-0.15, -0.1) is 0 Å². The minimum atomic E-state index is -0.772. The SMILES string of the molecule is CC(NC(=O)c1cccc([N+](=O)[O-])c1)C(=O)NC(c1ccccc1)C1CCCCC1. The highest BCUT2D eigenvalue weighted by atomic mass is 16.6. The summed E-state index contributed by atoms with van der Waals surface area (Å²) in [6.45, 7) is 1.62. The summed E-state index contributed by atoms with van der Waals surface area (Å²) in [6.07, 6.45) is 5.66. The van der Waals surface area contributed by atoms with Crippen LogP contribution in [0, 0.1) is 16.0 Å². The number of carbonyl (C=O) groups is 2. The maximum absolute atomic E-state index is 12.9. The number of benzene rings is 2. The van der Waals surface area contributed by atoms with Gasteiger partial charge in [-0.3, -0.25) is 19.7 Å². The van der Waals surface area contributed by atoms with Crippen LogP contribution in [0.2, 0.25) is 0 Å². The van der Waals surface area contributed by atoms with Gasteiger partial charge in [0.05, 0.1) is 11.0 Å². The maximum atomic E-state index is 12.9. The standard InChI is InChI=1S/C23H27N3O4/c1-16(24-23(28)19-13-8-14-20(15-19)26(29)30)22(27)25-21(17-9-4-2-5-10-17)18-11-6-3-7-12-18/h2,4-5,8-10,13-16,18,21H,3,6-7,11-12H2,1H3,(H,24,28)(H,25,27). The number of nitrogens with zero attached hydrogens (tertiary/aromatic N) is 1. The molecule has 0 radical (unpaired) electrons. The Labute approximate surface area is 176 Å². The number of carbonyl (C=O) groups excluding carboxylic acids is 2. The Morgan fingerprint density at radius 1 is 1.00 bits per heavy atom. The van der Waals surface area contributed by atoms with Gasteiger partial charge in [0.15, 0.2) is 0 Å². The molecular formula is C23H27N3O4. The molecule has 0 saturated heterocycles. The van der Waals surface area contributed by atoms with Crippen LogP contribution in [0.5, 0.6) is 0 Å². The van der Waals surface area contributed by atoms with E-state index in [4.69, 9.17) is 0 Å². The van der Waals surface area contributed by atoms with E-state index in [1.807, 2.05) is 30.3 Å². The predicted molar refractivity (Wildman–Crippen MR) is 114 cm³/mol. The highest BCUT2D eigenvalue weighted by Gasteiger charge is 2.28. The lowest BCUT2D eigenvalue weighted by Gasteiger charge is -2.32. The van der Waals surface area contributed by atoms with Gasteiger partial charge >= 0.3 is 0 Å². The van der Waals surface area contributed by atoms with E-state index >= 15 is 0 Å². The number of amides is 2. The zero-order chi connectivity index (χ0) is 21.5. The molecule has 1 fully saturated rings. The number of nitrogens with one attached hydrogen (secondary N) is 2. The minimum absolute atomic E-state index is 0.101. The fraction of sp³-hybridized carbons (Fsp3) is 0.391. The maximum Gasteiger partial charge on any atom is 0.270 e. The molecule has 0 bridgehead atoms. The second kappa shape index (κ2) is 10.0. The van der Waals surface area contributed by atoms with Crippen molar-refractivity contribution in [2.45, 2.75) is 51.1 Å². The summed E-state index contributed by atoms with van der Waals surface area (Å²) in [7, 11) is 0. The fourth-order valence-corrected chi connectivity index (χ4v) is 3.99. The molecule has 0 aromatic heterocycles. The molecule has 30 heavy (non-hydrogen) atoms. The van der Waals surface area contributed by atoms with Crippen LogP contribution in [-0.4, -0.2) is 22.8 Å². The monoisotopic (exact) mass is 409 g/mol. The quantitative estimate of drug-likeness (QED) is 0.530. The van der Waals surface area contributed by atoms with Crippen LogP contribution >= 0.6 is 0 Å². The highest BCUT2D eigenvalue weighted by Crippen LogP contribution is 2.34. The molecule has 3 rings (SSSR count). The fourth-order valence-electron chi connectivity index (χ4n) is 3.99. The third kappa shape index (κ3) is 5.43. The molecule has 7 heteroatoms. The van der Waals surface area contributed by atoms with Crippen LogP contribution in [-0.2, 0) is 4.79 Å². The molecule has 1 saturated carbocycles. The molecule has 1 aliphatic rings. The van der Waals surface area contributed by atoms with Crippen molar-refractivity contribution in [1.82, 2.24) is 10.6 Å². The lowest BCUT2D eigenvalue weighted by atomic mass is 9.81. The van der Waals surface area contributed by atoms with Crippen LogP contribution in [0.3, 0.4) is 0 Å². The van der Waals surface area contributed by atoms with Gasteiger partial charge in [-0.05, 0) is 37.3 Å². The zero-order valence-corrected chi connectivity index (χ0v) is 17.0. The molecule has 0 spiro atoms. The Hall–Kier alpha value is -3.22. The van der Waals surface area contributed by atoms with Crippen molar-refractivity contribution >= 4 is 17.5 Å². The number of rotatable bonds is 7. The molecule has 158 valence electrons. The summed E-state index contributed by atoms with van der Waals surface area (Å²) in [5.74, 6) is -0.423. The molecule has 2 amide bonds. The van der Waals surface area contributed by atoms with Gasteiger partial charge < -0.3 is 10.6 Å². The van der Waals surface area contributed by atoms with Crippen molar-refractivity contribution in [3.63, 3.8) is 0 Å². The Bertz CT molecular complexity index is 894. The van der Waals surface area contributed by atoms with Crippen molar-refractivity contribution < 1.29 is 14.5 Å². The predicted octanol–water partition coefficient (Wildman–Crippen LogP) is 4.15. The third-order valence-corrected chi connectivity index (χ3v) is 5.64. The van der Waals surface area contributed by atoms with Crippen LogP contribution in [0.25, 0.3) is 0 Å². The third-order valence-electron chi connectivity index (χ3n) is 5.64. The van der Waals surface area contributed by atoms with Crippen molar-refractivity contribution in [3.8, 4) is 0 Å². The molecular weight excluding hydrogens is 382 g/mol. The minimum Gasteiger partial charge on any atom is -0.347 e. The van der Waals surface area contributed by atoms with Gasteiger partial charge in [-0.2, -0.15) is 0 Å². The summed E-state index contributed by atoms with van der Waals surface area (Å²) >= 11 is 0. The first-order chi connectivity index (χ1) is 14.5. The van der Waals surface area contributed by atoms with Crippen molar-refractivity contribution in [3.05, 3.63) is 75.8 Å². The molecule has 0 aliphatic heterocycles. The second-order valence-electron chi connectivity index (χ2n) is 7.80. The summed E-state index contributed by atoms with van der Waals surface area (Å²) < 4.78 is 0. The van der Waals surface area contributed by atoms with Gasteiger partial charge in [0.25, 0.3) is 11.6 Å². The van der Waals surface area contributed by atoms with E-state index in [9.17, 15) is 19.7 Å². The first-order valence-corrected chi connectivity index (χ1v) is 10.4. The highest BCUT2D eigenvalue weighted by molar-refractivity contribution is 5.97. The van der Waals surface area contributed by atoms with Crippen LogP contribution in [0.1, 0.15) is 61.0 Å². The Balaban J connectivity index is 1.68. The number of nitro groups is 1. The van der Waals surface area contributed by atoms with E-state index in [1.54, 1.807) is 6.92 Å². The van der Waals surface area contributed by atoms with E-state index in [-0.39, 0.29) is 23.2 Å². The molecule has 2 N–H and O–H groups in total. The van der Waals surface area contributed by atoms with Crippen LogP contribution in [0.4, 0.5) is 5.69 Å². The van der Waals surface area contributed by atoms with Gasteiger partial charge in [-0.1, -0.05) is 55.7 Å². The topological polar surface area (TPSA) is 101 Å². The molecule has 2 unspecified atom stereocenters. The Morgan fingerprint density at radius 3 is 2.37 bits per heavy atom. The molecule has 2 atom stereocenters. The molecule has 2 aromatic carbocycles. The number of hydrogen-bond donors (Lipinski definition) is 2. The van der Waals surface area contributed by atoms with Gasteiger partial charge in [-0.25, -0.2) is 0 Å². The summed E-state index contributed by atoms with van der Waals surface area (Å²) in [4.78, 5) is 35.7.